The van der Waals surface area contributed by atoms with E-state index in [1.165, 1.54) is 5.57 Å². The number of aliphatic hydroxyl groups is 1. The van der Waals surface area contributed by atoms with Crippen LogP contribution < -0.4 is 10.6 Å². The number of hydrogen-bond donors (Lipinski definition) is 3. The number of pyridine rings is 1. The molecule has 2 aliphatic carbocycles. The van der Waals surface area contributed by atoms with E-state index in [2.05, 4.69) is 47.1 Å². The maximum Gasteiger partial charge on any atom is 0.115 e. The van der Waals surface area contributed by atoms with Gasteiger partial charge in [-0.15, -0.1) is 0 Å². The van der Waals surface area contributed by atoms with Gasteiger partial charge in [0.25, 0.3) is 0 Å². The number of anilines is 1. The van der Waals surface area contributed by atoms with E-state index in [9.17, 15) is 5.11 Å². The molecule has 0 aliphatic heterocycles. The van der Waals surface area contributed by atoms with Gasteiger partial charge < -0.3 is 20.5 Å². The second-order valence-electron chi connectivity index (χ2n) is 8.43. The summed E-state index contributed by atoms with van der Waals surface area (Å²) in [6, 6.07) is 16.4. The molecule has 2 aromatic carbocycles. The van der Waals surface area contributed by atoms with Crippen molar-refractivity contribution >= 4 is 27.5 Å². The Bertz CT molecular complexity index is 1200. The van der Waals surface area contributed by atoms with Crippen molar-refractivity contribution in [1.29, 1.82) is 0 Å². The maximum atomic E-state index is 10.4. The fourth-order valence-electron chi connectivity index (χ4n) is 4.44. The van der Waals surface area contributed by atoms with Crippen LogP contribution >= 0.6 is 0 Å². The first-order valence-electron chi connectivity index (χ1n) is 11.6. The molecule has 3 N–H and O–H groups in total. The Kier molecular flexibility index (Phi) is 6.51. The molecule has 2 aliphatic rings. The van der Waals surface area contributed by atoms with E-state index in [1.54, 1.807) is 0 Å². The normalized spacial score (nSPS) is 18.0. The second kappa shape index (κ2) is 10.0. The summed E-state index contributed by atoms with van der Waals surface area (Å²) in [4.78, 5) is 4.77. The number of hydrogen-bond acceptors (Lipinski definition) is 5. The summed E-state index contributed by atoms with van der Waals surface area (Å²) >= 11 is 0. The first-order valence-corrected chi connectivity index (χ1v) is 11.6. The highest BCUT2D eigenvalue weighted by Crippen LogP contribution is 2.32. The molecule has 2 atom stereocenters. The molecule has 0 saturated heterocycles. The molecule has 168 valence electrons. The van der Waals surface area contributed by atoms with Crippen molar-refractivity contribution in [1.82, 2.24) is 10.3 Å². The van der Waals surface area contributed by atoms with Gasteiger partial charge in [0.1, 0.15) is 18.5 Å². The molecule has 2 unspecified atom stereocenters. The molecule has 0 fully saturated rings. The smallest absolute Gasteiger partial charge is 0.115 e. The van der Waals surface area contributed by atoms with Crippen LogP contribution in [0.2, 0.25) is 0 Å². The van der Waals surface area contributed by atoms with Crippen LogP contribution in [-0.4, -0.2) is 42.4 Å². The number of aliphatic hydroxyl groups excluding tert-OH is 1. The zero-order chi connectivity index (χ0) is 22.5. The van der Waals surface area contributed by atoms with E-state index in [1.807, 2.05) is 48.6 Å². The highest BCUT2D eigenvalue weighted by molar-refractivity contribution is 6.07. The minimum absolute atomic E-state index is 0.273. The molecule has 0 radical (unpaired) electrons. The summed E-state index contributed by atoms with van der Waals surface area (Å²) < 4.78 is 5.96. The highest BCUT2D eigenvalue weighted by atomic mass is 16.5. The molecule has 1 heterocycles. The summed E-state index contributed by atoms with van der Waals surface area (Å²) in [5.41, 5.74) is 4.34. The maximum absolute atomic E-state index is 10.4. The first kappa shape index (κ1) is 21.4. The standard InChI is InChI=1S/C28H29N3O2/c32-21(19-33-27-15-7-9-20-8-1-2-10-22(20)27)18-29-16-17-30-28-23-11-3-5-13-25(23)31-26-14-6-4-12-24(26)28/h1-9,11-15,21-22,29,32H,10,16-19H2,(H,30,31). The molecule has 0 amide bonds. The molecule has 5 rings (SSSR count). The topological polar surface area (TPSA) is 66.4 Å². The molecule has 1 aromatic heterocycles. The third-order valence-corrected chi connectivity index (χ3v) is 6.11. The first-order chi connectivity index (χ1) is 16.3. The number of ether oxygens (including phenoxy) is 1. The summed E-state index contributed by atoms with van der Waals surface area (Å²) in [7, 11) is 0. The Balaban J connectivity index is 1.11. The Morgan fingerprint density at radius 2 is 1.73 bits per heavy atom. The van der Waals surface area contributed by atoms with Crippen LogP contribution in [0.15, 0.2) is 96.3 Å². The van der Waals surface area contributed by atoms with E-state index in [4.69, 9.17) is 9.72 Å². The molecule has 3 aromatic rings. The second-order valence-corrected chi connectivity index (χ2v) is 8.43. The number of nitrogens with zero attached hydrogens (tertiary/aromatic N) is 1. The van der Waals surface area contributed by atoms with E-state index < -0.39 is 6.10 Å². The summed E-state index contributed by atoms with van der Waals surface area (Å²) in [5.74, 6) is 1.21. The molecule has 33 heavy (non-hydrogen) atoms. The van der Waals surface area contributed by atoms with E-state index in [0.29, 0.717) is 6.54 Å². The lowest BCUT2D eigenvalue weighted by Gasteiger charge is -2.26. The monoisotopic (exact) mass is 439 g/mol. The van der Waals surface area contributed by atoms with Gasteiger partial charge in [0.2, 0.25) is 0 Å². The average molecular weight is 440 g/mol. The number of rotatable bonds is 9. The van der Waals surface area contributed by atoms with E-state index in [0.717, 1.165) is 52.8 Å². The Morgan fingerprint density at radius 1 is 0.970 bits per heavy atom. The van der Waals surface area contributed by atoms with Crippen molar-refractivity contribution in [3.05, 3.63) is 96.3 Å². The number of benzene rings is 2. The lowest BCUT2D eigenvalue weighted by molar-refractivity contribution is 0.0630. The minimum atomic E-state index is -0.564. The van der Waals surface area contributed by atoms with Gasteiger partial charge in [0.15, 0.2) is 0 Å². The molecule has 0 spiro atoms. The average Bonchev–Trinajstić information content (AvgIpc) is 2.86. The minimum Gasteiger partial charge on any atom is -0.495 e. The lowest BCUT2D eigenvalue weighted by Crippen LogP contribution is -2.33. The number of aromatic nitrogens is 1. The summed E-state index contributed by atoms with van der Waals surface area (Å²) in [5, 5.41) is 19.5. The quantitative estimate of drug-likeness (QED) is 0.332. The number of nitrogens with one attached hydrogen (secondary N) is 2. The molecule has 5 heteroatoms. The fourth-order valence-corrected chi connectivity index (χ4v) is 4.44. The molecule has 0 saturated carbocycles. The van der Waals surface area contributed by atoms with Crippen LogP contribution in [-0.2, 0) is 4.74 Å². The van der Waals surface area contributed by atoms with Crippen LogP contribution in [0.4, 0.5) is 5.69 Å². The van der Waals surface area contributed by atoms with Crippen LogP contribution in [0, 0.1) is 5.92 Å². The number of allylic oxidation sites excluding steroid dienone is 7. The van der Waals surface area contributed by atoms with Gasteiger partial charge in [-0.25, -0.2) is 4.98 Å². The zero-order valence-electron chi connectivity index (χ0n) is 18.6. The summed E-state index contributed by atoms with van der Waals surface area (Å²) in [6.45, 7) is 2.24. The van der Waals surface area contributed by atoms with Gasteiger partial charge in [-0.2, -0.15) is 0 Å². The molecular weight excluding hydrogens is 410 g/mol. The van der Waals surface area contributed by atoms with Crippen molar-refractivity contribution in [2.45, 2.75) is 12.5 Å². The SMILES string of the molecule is OC(CNCCNc1c2ccccc2nc2ccccc12)COC1=CC=CC2=CC=CCC21. The number of fused-ring (bicyclic) bond motifs is 3. The van der Waals surface area contributed by atoms with E-state index >= 15 is 0 Å². The third-order valence-electron chi connectivity index (χ3n) is 6.11. The molecule has 0 bridgehead atoms. The lowest BCUT2D eigenvalue weighted by atomic mass is 9.86. The van der Waals surface area contributed by atoms with Crippen LogP contribution in [0.5, 0.6) is 0 Å². The van der Waals surface area contributed by atoms with Crippen molar-refractivity contribution < 1.29 is 9.84 Å². The van der Waals surface area contributed by atoms with Gasteiger partial charge in [0.05, 0.1) is 16.7 Å². The van der Waals surface area contributed by atoms with Crippen LogP contribution in [0.1, 0.15) is 6.42 Å². The van der Waals surface area contributed by atoms with Crippen LogP contribution in [0.3, 0.4) is 0 Å². The third kappa shape index (κ3) is 4.85. The Morgan fingerprint density at radius 3 is 2.52 bits per heavy atom. The van der Waals surface area contributed by atoms with E-state index in [-0.39, 0.29) is 12.5 Å². The Hall–Kier alpha value is -3.41. The fraction of sp³-hybridized carbons (Fsp3) is 0.250. The highest BCUT2D eigenvalue weighted by Gasteiger charge is 2.22. The van der Waals surface area contributed by atoms with Gasteiger partial charge >= 0.3 is 0 Å². The largest absolute Gasteiger partial charge is 0.495 e. The van der Waals surface area contributed by atoms with Crippen molar-refractivity contribution in [3.63, 3.8) is 0 Å². The van der Waals surface area contributed by atoms with Crippen molar-refractivity contribution in [3.8, 4) is 0 Å². The van der Waals surface area contributed by atoms with Gasteiger partial charge in [-0.05, 0) is 30.2 Å². The van der Waals surface area contributed by atoms with Gasteiger partial charge in [-0.1, -0.05) is 66.8 Å². The summed E-state index contributed by atoms with van der Waals surface area (Å²) in [6.07, 6.45) is 12.9. The van der Waals surface area contributed by atoms with Gasteiger partial charge in [-0.3, -0.25) is 0 Å². The van der Waals surface area contributed by atoms with Gasteiger partial charge in [0, 0.05) is 36.3 Å². The Labute approximate surface area is 194 Å². The predicted molar refractivity (Wildman–Crippen MR) is 135 cm³/mol. The molecule has 5 nitrogen and oxygen atoms in total. The number of para-hydroxylation sites is 2. The molecular formula is C28H29N3O2. The van der Waals surface area contributed by atoms with Crippen molar-refractivity contribution in [2.24, 2.45) is 5.92 Å². The zero-order valence-corrected chi connectivity index (χ0v) is 18.6. The predicted octanol–water partition coefficient (Wildman–Crippen LogP) is 4.72. The van der Waals surface area contributed by atoms with Crippen molar-refractivity contribution in [2.75, 3.05) is 31.6 Å². The van der Waals surface area contributed by atoms with Crippen LogP contribution in [0.25, 0.3) is 21.8 Å².